The van der Waals surface area contributed by atoms with Crippen LogP contribution in [0.3, 0.4) is 0 Å². The summed E-state index contributed by atoms with van der Waals surface area (Å²) >= 11 is 11.8. The summed E-state index contributed by atoms with van der Waals surface area (Å²) in [6.07, 6.45) is 2.30. The van der Waals surface area contributed by atoms with Crippen molar-refractivity contribution in [3.05, 3.63) is 28.8 Å². The maximum absolute atomic E-state index is 6.21. The zero-order chi connectivity index (χ0) is 19.2. The molecule has 0 radical (unpaired) electrons. The third-order valence-corrected chi connectivity index (χ3v) is 6.53. The molecule has 2 aliphatic heterocycles. The van der Waals surface area contributed by atoms with Crippen molar-refractivity contribution >= 4 is 34.6 Å². The van der Waals surface area contributed by atoms with Gasteiger partial charge in [0.1, 0.15) is 0 Å². The lowest BCUT2D eigenvalue weighted by atomic mass is 10.0. The molecule has 2 heterocycles. The van der Waals surface area contributed by atoms with E-state index in [-0.39, 0.29) is 0 Å². The monoisotopic (exact) mass is 410 g/mol. The Balaban J connectivity index is 1.42. The molecule has 0 saturated carbocycles. The van der Waals surface area contributed by atoms with E-state index in [1.165, 1.54) is 0 Å². The van der Waals surface area contributed by atoms with Gasteiger partial charge in [0.05, 0.1) is 13.2 Å². The molecule has 0 aliphatic carbocycles. The van der Waals surface area contributed by atoms with Gasteiger partial charge >= 0.3 is 0 Å². The summed E-state index contributed by atoms with van der Waals surface area (Å²) in [4.78, 5) is 7.30. The standard InChI is InChI=1S/C20H31ClN4OS/c1-16-18(21)4-3-5-19(16)22-20(27)25-8-6-17(7-9-25)23(2)10-11-24-12-14-26-15-13-24/h3-5,17H,6-15H2,1-2H3,(H,22,27). The summed E-state index contributed by atoms with van der Waals surface area (Å²) in [7, 11) is 2.26. The lowest BCUT2D eigenvalue weighted by Gasteiger charge is -2.39. The summed E-state index contributed by atoms with van der Waals surface area (Å²) in [6.45, 7) is 10.1. The number of morpholine rings is 1. The number of nitrogens with zero attached hydrogens (tertiary/aromatic N) is 3. The van der Waals surface area contributed by atoms with Crippen LogP contribution in [-0.4, -0.2) is 85.4 Å². The second kappa shape index (κ2) is 10.0. The van der Waals surface area contributed by atoms with Crippen molar-refractivity contribution in [3.63, 3.8) is 0 Å². The smallest absolute Gasteiger partial charge is 0.173 e. The molecule has 1 aromatic rings. The Morgan fingerprint density at radius 1 is 1.26 bits per heavy atom. The highest BCUT2D eigenvalue weighted by molar-refractivity contribution is 7.80. The van der Waals surface area contributed by atoms with Crippen molar-refractivity contribution in [1.82, 2.24) is 14.7 Å². The van der Waals surface area contributed by atoms with Crippen molar-refractivity contribution in [1.29, 1.82) is 0 Å². The lowest BCUT2D eigenvalue weighted by molar-refractivity contribution is 0.0311. The predicted octanol–water partition coefficient (Wildman–Crippen LogP) is 3.07. The highest BCUT2D eigenvalue weighted by Gasteiger charge is 2.24. The van der Waals surface area contributed by atoms with Crippen LogP contribution in [0.4, 0.5) is 5.69 Å². The summed E-state index contributed by atoms with van der Waals surface area (Å²) in [5.74, 6) is 0. The van der Waals surface area contributed by atoms with E-state index < -0.39 is 0 Å². The minimum atomic E-state index is 0.637. The maximum atomic E-state index is 6.21. The summed E-state index contributed by atoms with van der Waals surface area (Å²) in [6, 6.07) is 6.52. The number of hydrogen-bond donors (Lipinski definition) is 1. The van der Waals surface area contributed by atoms with Crippen molar-refractivity contribution in [2.24, 2.45) is 0 Å². The molecular weight excluding hydrogens is 380 g/mol. The molecule has 2 aliphatic rings. The molecule has 150 valence electrons. The molecule has 1 N–H and O–H groups in total. The van der Waals surface area contributed by atoms with Gasteiger partial charge in [-0.2, -0.15) is 0 Å². The highest BCUT2D eigenvalue weighted by atomic mass is 35.5. The predicted molar refractivity (Wildman–Crippen MR) is 117 cm³/mol. The van der Waals surface area contributed by atoms with Crippen LogP contribution < -0.4 is 5.32 Å². The second-order valence-corrected chi connectivity index (χ2v) is 8.29. The van der Waals surface area contributed by atoms with Crippen molar-refractivity contribution in [2.75, 3.05) is 64.8 Å². The molecule has 0 unspecified atom stereocenters. The van der Waals surface area contributed by atoms with Gasteiger partial charge in [-0.3, -0.25) is 4.90 Å². The molecule has 2 fully saturated rings. The number of piperidine rings is 1. The number of halogens is 1. The molecule has 27 heavy (non-hydrogen) atoms. The lowest BCUT2D eigenvalue weighted by Crippen LogP contribution is -2.48. The van der Waals surface area contributed by atoms with E-state index in [2.05, 4.69) is 27.1 Å². The molecular formula is C20H31ClN4OS. The van der Waals surface area contributed by atoms with E-state index in [4.69, 9.17) is 28.6 Å². The molecule has 0 spiro atoms. The van der Waals surface area contributed by atoms with E-state index in [0.29, 0.717) is 6.04 Å². The van der Waals surface area contributed by atoms with Gasteiger partial charge in [0, 0.05) is 56.0 Å². The van der Waals surface area contributed by atoms with Gasteiger partial charge in [-0.15, -0.1) is 0 Å². The van der Waals surface area contributed by atoms with Crippen LogP contribution in [0.2, 0.25) is 5.02 Å². The van der Waals surface area contributed by atoms with Crippen LogP contribution in [0.5, 0.6) is 0 Å². The molecule has 7 heteroatoms. The van der Waals surface area contributed by atoms with Crippen LogP contribution in [0.1, 0.15) is 18.4 Å². The van der Waals surface area contributed by atoms with Crippen molar-refractivity contribution < 1.29 is 4.74 Å². The second-order valence-electron chi connectivity index (χ2n) is 7.50. The zero-order valence-corrected chi connectivity index (χ0v) is 18.0. The Morgan fingerprint density at radius 3 is 2.67 bits per heavy atom. The van der Waals surface area contributed by atoms with Gasteiger partial charge in [-0.1, -0.05) is 17.7 Å². The van der Waals surface area contributed by atoms with Crippen LogP contribution in [0, 0.1) is 6.92 Å². The largest absolute Gasteiger partial charge is 0.379 e. The van der Waals surface area contributed by atoms with Crippen LogP contribution in [-0.2, 0) is 4.74 Å². The number of benzene rings is 1. The van der Waals surface area contributed by atoms with Gasteiger partial charge in [0.2, 0.25) is 0 Å². The Kier molecular flexibility index (Phi) is 7.73. The van der Waals surface area contributed by atoms with E-state index in [9.17, 15) is 0 Å². The molecule has 2 saturated heterocycles. The normalized spacial score (nSPS) is 19.5. The fourth-order valence-corrected chi connectivity index (χ4v) is 4.22. The van der Waals surface area contributed by atoms with Crippen LogP contribution in [0.25, 0.3) is 0 Å². The number of thiocarbonyl (C=S) groups is 1. The van der Waals surface area contributed by atoms with Gasteiger partial charge in [0.25, 0.3) is 0 Å². The minimum absolute atomic E-state index is 0.637. The number of ether oxygens (including phenoxy) is 1. The molecule has 0 amide bonds. The average Bonchev–Trinajstić information content (AvgIpc) is 2.70. The Labute approximate surface area is 173 Å². The molecule has 0 bridgehead atoms. The summed E-state index contributed by atoms with van der Waals surface area (Å²) in [5, 5.41) is 4.94. The number of likely N-dealkylation sites (N-methyl/N-ethyl adjacent to an activating group) is 1. The first kappa shape index (κ1) is 20.8. The first-order valence-corrected chi connectivity index (χ1v) is 10.6. The first-order valence-electron chi connectivity index (χ1n) is 9.86. The fraction of sp³-hybridized carbons (Fsp3) is 0.650. The number of rotatable bonds is 5. The van der Waals surface area contributed by atoms with Gasteiger partial charge in [0.15, 0.2) is 5.11 Å². The third-order valence-electron chi connectivity index (χ3n) is 5.76. The van der Waals surface area contributed by atoms with Gasteiger partial charge < -0.3 is 19.9 Å². The molecule has 3 rings (SSSR count). The van der Waals surface area contributed by atoms with Gasteiger partial charge in [-0.05, 0) is 56.7 Å². The van der Waals surface area contributed by atoms with Crippen molar-refractivity contribution in [2.45, 2.75) is 25.8 Å². The van der Waals surface area contributed by atoms with E-state index in [0.717, 1.165) is 86.7 Å². The molecule has 1 aromatic carbocycles. The number of likely N-dealkylation sites (tertiary alicyclic amines) is 1. The third kappa shape index (κ3) is 5.78. The summed E-state index contributed by atoms with van der Waals surface area (Å²) in [5.41, 5.74) is 2.04. The summed E-state index contributed by atoms with van der Waals surface area (Å²) < 4.78 is 5.43. The van der Waals surface area contributed by atoms with Crippen LogP contribution in [0.15, 0.2) is 18.2 Å². The van der Waals surface area contributed by atoms with E-state index in [1.54, 1.807) is 0 Å². The van der Waals surface area contributed by atoms with E-state index in [1.807, 2.05) is 25.1 Å². The zero-order valence-electron chi connectivity index (χ0n) is 16.4. The van der Waals surface area contributed by atoms with Crippen molar-refractivity contribution in [3.8, 4) is 0 Å². The Hall–Kier alpha value is -0.920. The fourth-order valence-electron chi connectivity index (χ4n) is 3.75. The van der Waals surface area contributed by atoms with E-state index >= 15 is 0 Å². The van der Waals surface area contributed by atoms with Crippen LogP contribution >= 0.6 is 23.8 Å². The van der Waals surface area contributed by atoms with Gasteiger partial charge in [-0.25, -0.2) is 0 Å². The number of hydrogen-bond acceptors (Lipinski definition) is 4. The molecule has 0 aromatic heterocycles. The Bertz CT molecular complexity index is 630. The average molecular weight is 411 g/mol. The minimum Gasteiger partial charge on any atom is -0.379 e. The molecule has 0 atom stereocenters. The topological polar surface area (TPSA) is 31.0 Å². The first-order chi connectivity index (χ1) is 13.0. The number of anilines is 1. The maximum Gasteiger partial charge on any atom is 0.173 e. The SMILES string of the molecule is Cc1c(Cl)cccc1NC(=S)N1CCC(N(C)CCN2CCOCC2)CC1. The highest BCUT2D eigenvalue weighted by Crippen LogP contribution is 2.24. The molecule has 5 nitrogen and oxygen atoms in total. The Morgan fingerprint density at radius 2 is 1.96 bits per heavy atom. The quantitative estimate of drug-likeness (QED) is 0.751. The number of nitrogens with one attached hydrogen (secondary N) is 1.